The molecule has 120 valence electrons. The third-order valence-corrected chi connectivity index (χ3v) is 4.05. The van der Waals surface area contributed by atoms with Gasteiger partial charge in [0.15, 0.2) is 0 Å². The van der Waals surface area contributed by atoms with Crippen LogP contribution in [0.15, 0.2) is 18.2 Å². The number of halogens is 2. The number of urea groups is 1. The van der Waals surface area contributed by atoms with Gasteiger partial charge in [-0.3, -0.25) is 4.79 Å². The van der Waals surface area contributed by atoms with E-state index in [9.17, 15) is 9.59 Å². The molecule has 2 rings (SSSR count). The molecule has 6 nitrogen and oxygen atoms in total. The molecule has 0 radical (unpaired) electrons. The first-order valence-electron chi connectivity index (χ1n) is 6.92. The van der Waals surface area contributed by atoms with E-state index in [1.807, 2.05) is 4.90 Å². The number of benzene rings is 1. The Kier molecular flexibility index (Phi) is 5.74. The number of nitrogens with one attached hydrogen (secondary N) is 1. The molecule has 1 aliphatic rings. The van der Waals surface area contributed by atoms with Crippen molar-refractivity contribution in [1.29, 1.82) is 0 Å². The van der Waals surface area contributed by atoms with Crippen molar-refractivity contribution >= 4 is 40.9 Å². The van der Waals surface area contributed by atoms with E-state index in [2.05, 4.69) is 5.32 Å². The van der Waals surface area contributed by atoms with E-state index >= 15 is 0 Å². The van der Waals surface area contributed by atoms with Gasteiger partial charge in [0.25, 0.3) is 0 Å². The summed E-state index contributed by atoms with van der Waals surface area (Å²) >= 11 is 12.4. The number of aliphatic carboxylic acids is 1. The Morgan fingerprint density at radius 1 is 1.14 bits per heavy atom. The van der Waals surface area contributed by atoms with Gasteiger partial charge in [0.2, 0.25) is 0 Å². The summed E-state index contributed by atoms with van der Waals surface area (Å²) in [5, 5.41) is 12.3. The van der Waals surface area contributed by atoms with Crippen LogP contribution in [0.25, 0.3) is 0 Å². The number of anilines is 1. The molecular formula is C14H17Cl2N3O3. The minimum Gasteiger partial charge on any atom is -0.481 e. The number of hydrogen-bond acceptors (Lipinski definition) is 3. The molecule has 0 aliphatic carbocycles. The lowest BCUT2D eigenvalue weighted by Gasteiger charge is -2.36. The normalized spacial score (nSPS) is 14.8. The fourth-order valence-corrected chi connectivity index (χ4v) is 2.95. The maximum absolute atomic E-state index is 11.9. The zero-order chi connectivity index (χ0) is 16.1. The second-order valence-electron chi connectivity index (χ2n) is 4.92. The van der Waals surface area contributed by atoms with Crippen molar-refractivity contribution in [3.8, 4) is 0 Å². The van der Waals surface area contributed by atoms with Crippen LogP contribution in [0.2, 0.25) is 10.0 Å². The summed E-state index contributed by atoms with van der Waals surface area (Å²) in [4.78, 5) is 26.0. The predicted molar refractivity (Wildman–Crippen MR) is 85.9 cm³/mol. The summed E-state index contributed by atoms with van der Waals surface area (Å²) in [7, 11) is 0. The number of para-hydroxylation sites is 1. The van der Waals surface area contributed by atoms with Crippen molar-refractivity contribution in [2.24, 2.45) is 0 Å². The molecule has 1 heterocycles. The van der Waals surface area contributed by atoms with E-state index in [-0.39, 0.29) is 19.0 Å². The quantitative estimate of drug-likeness (QED) is 0.878. The van der Waals surface area contributed by atoms with Gasteiger partial charge in [0.1, 0.15) is 0 Å². The van der Waals surface area contributed by atoms with Crippen molar-refractivity contribution in [2.75, 3.05) is 37.6 Å². The van der Waals surface area contributed by atoms with Crippen molar-refractivity contribution in [3.63, 3.8) is 0 Å². The lowest BCUT2D eigenvalue weighted by molar-refractivity contribution is -0.136. The molecule has 0 saturated carbocycles. The first-order chi connectivity index (χ1) is 10.5. The molecule has 0 atom stereocenters. The van der Waals surface area contributed by atoms with Crippen LogP contribution in [0.5, 0.6) is 0 Å². The van der Waals surface area contributed by atoms with E-state index < -0.39 is 5.97 Å². The van der Waals surface area contributed by atoms with Crippen LogP contribution in [0.1, 0.15) is 6.42 Å². The average molecular weight is 346 g/mol. The zero-order valence-electron chi connectivity index (χ0n) is 11.9. The number of nitrogens with zero attached hydrogens (tertiary/aromatic N) is 2. The van der Waals surface area contributed by atoms with Crippen molar-refractivity contribution in [3.05, 3.63) is 28.2 Å². The second-order valence-corrected chi connectivity index (χ2v) is 5.73. The highest BCUT2D eigenvalue weighted by Gasteiger charge is 2.23. The molecule has 1 aromatic rings. The number of rotatable bonds is 4. The smallest absolute Gasteiger partial charge is 0.317 e. The highest BCUT2D eigenvalue weighted by Crippen LogP contribution is 2.33. The molecule has 22 heavy (non-hydrogen) atoms. The Hall–Kier alpha value is -1.66. The van der Waals surface area contributed by atoms with Gasteiger partial charge in [0.05, 0.1) is 22.2 Å². The molecule has 2 N–H and O–H groups in total. The molecular weight excluding hydrogens is 329 g/mol. The zero-order valence-corrected chi connectivity index (χ0v) is 13.4. The van der Waals surface area contributed by atoms with Gasteiger partial charge in [-0.15, -0.1) is 0 Å². The van der Waals surface area contributed by atoms with Gasteiger partial charge in [-0.25, -0.2) is 4.79 Å². The van der Waals surface area contributed by atoms with Crippen LogP contribution in [0.3, 0.4) is 0 Å². The Labute approximate surface area is 138 Å². The van der Waals surface area contributed by atoms with E-state index in [1.54, 1.807) is 23.1 Å². The van der Waals surface area contributed by atoms with Gasteiger partial charge in [-0.1, -0.05) is 29.3 Å². The predicted octanol–water partition coefficient (Wildman–Crippen LogP) is 2.30. The van der Waals surface area contributed by atoms with Crippen molar-refractivity contribution in [1.82, 2.24) is 10.2 Å². The molecule has 8 heteroatoms. The first-order valence-corrected chi connectivity index (χ1v) is 7.68. The topological polar surface area (TPSA) is 72.9 Å². The maximum atomic E-state index is 11.9. The summed E-state index contributed by atoms with van der Waals surface area (Å²) in [6.07, 6.45) is -0.0824. The fraction of sp³-hybridized carbons (Fsp3) is 0.429. The molecule has 0 unspecified atom stereocenters. The minimum absolute atomic E-state index is 0.0824. The fourth-order valence-electron chi connectivity index (χ4n) is 2.31. The third-order valence-electron chi connectivity index (χ3n) is 3.44. The highest BCUT2D eigenvalue weighted by atomic mass is 35.5. The number of carbonyl (C=O) groups excluding carboxylic acids is 1. The van der Waals surface area contributed by atoms with Gasteiger partial charge in [0, 0.05) is 32.7 Å². The summed E-state index contributed by atoms with van der Waals surface area (Å²) < 4.78 is 0. The number of carbonyl (C=O) groups is 2. The average Bonchev–Trinajstić information content (AvgIpc) is 2.47. The summed E-state index contributed by atoms with van der Waals surface area (Å²) in [5.41, 5.74) is 0.789. The Balaban J connectivity index is 1.88. The molecule has 1 aromatic carbocycles. The van der Waals surface area contributed by atoms with E-state index in [1.165, 1.54) is 0 Å². The monoisotopic (exact) mass is 345 g/mol. The van der Waals surface area contributed by atoms with Crippen LogP contribution < -0.4 is 10.2 Å². The Morgan fingerprint density at radius 2 is 1.73 bits per heavy atom. The molecule has 2 amide bonds. The molecule has 1 saturated heterocycles. The summed E-state index contributed by atoms with van der Waals surface area (Å²) in [6.45, 7) is 2.43. The van der Waals surface area contributed by atoms with Gasteiger partial charge < -0.3 is 20.2 Å². The van der Waals surface area contributed by atoms with Gasteiger partial charge in [-0.05, 0) is 12.1 Å². The van der Waals surface area contributed by atoms with Crippen LogP contribution in [-0.4, -0.2) is 54.7 Å². The molecule has 1 aliphatic heterocycles. The summed E-state index contributed by atoms with van der Waals surface area (Å²) in [5.74, 6) is -0.932. The van der Waals surface area contributed by atoms with Crippen LogP contribution in [0, 0.1) is 0 Å². The van der Waals surface area contributed by atoms with Gasteiger partial charge in [-0.2, -0.15) is 0 Å². The summed E-state index contributed by atoms with van der Waals surface area (Å²) in [6, 6.07) is 5.12. The number of hydrogen-bond donors (Lipinski definition) is 2. The Bertz CT molecular complexity index is 540. The lowest BCUT2D eigenvalue weighted by atomic mass is 10.2. The molecule has 0 spiro atoms. The number of piperazine rings is 1. The molecule has 1 fully saturated rings. The lowest BCUT2D eigenvalue weighted by Crippen LogP contribution is -2.52. The maximum Gasteiger partial charge on any atom is 0.317 e. The van der Waals surface area contributed by atoms with E-state index in [0.29, 0.717) is 36.2 Å². The third kappa shape index (κ3) is 4.18. The highest BCUT2D eigenvalue weighted by molar-refractivity contribution is 6.39. The van der Waals surface area contributed by atoms with Gasteiger partial charge >= 0.3 is 12.0 Å². The van der Waals surface area contributed by atoms with E-state index in [4.69, 9.17) is 28.3 Å². The molecule has 0 aromatic heterocycles. The Morgan fingerprint density at radius 3 is 2.27 bits per heavy atom. The molecule has 0 bridgehead atoms. The number of carboxylic acids is 1. The van der Waals surface area contributed by atoms with Crippen LogP contribution in [0.4, 0.5) is 10.5 Å². The minimum atomic E-state index is -0.932. The van der Waals surface area contributed by atoms with Crippen LogP contribution in [-0.2, 0) is 4.79 Å². The van der Waals surface area contributed by atoms with Crippen molar-refractivity contribution in [2.45, 2.75) is 6.42 Å². The number of carboxylic acid groups (broad SMARTS) is 1. The second kappa shape index (κ2) is 7.56. The first kappa shape index (κ1) is 16.7. The van der Waals surface area contributed by atoms with E-state index in [0.717, 1.165) is 5.69 Å². The largest absolute Gasteiger partial charge is 0.481 e. The standard InChI is InChI=1S/C14H17Cl2N3O3/c15-10-2-1-3-11(16)13(10)18-6-8-19(9-7-18)14(22)17-5-4-12(20)21/h1-3H,4-9H2,(H,17,22)(H,20,21). The van der Waals surface area contributed by atoms with Crippen molar-refractivity contribution < 1.29 is 14.7 Å². The SMILES string of the molecule is O=C(O)CCNC(=O)N1CCN(c2c(Cl)cccc2Cl)CC1. The van der Waals surface area contributed by atoms with Crippen LogP contribution >= 0.6 is 23.2 Å². The number of amides is 2.